The van der Waals surface area contributed by atoms with Crippen molar-refractivity contribution in [3.8, 4) is 0 Å². The molecule has 0 aliphatic carbocycles. The third kappa shape index (κ3) is 3.28. The van der Waals surface area contributed by atoms with E-state index in [-0.39, 0.29) is 11.8 Å². The monoisotopic (exact) mass is 142 g/mol. The van der Waals surface area contributed by atoms with E-state index in [0.717, 1.165) is 5.57 Å². The van der Waals surface area contributed by atoms with Gasteiger partial charge in [-0.1, -0.05) is 32.9 Å². The summed E-state index contributed by atoms with van der Waals surface area (Å²) in [6, 6.07) is 0. The minimum Gasteiger partial charge on any atom is -0.481 e. The highest BCUT2D eigenvalue weighted by Gasteiger charge is 2.16. The average Bonchev–Trinajstić information content (AvgIpc) is 1.60. The Hall–Kier alpha value is -0.790. The van der Waals surface area contributed by atoms with Crippen LogP contribution in [-0.2, 0) is 4.79 Å². The zero-order valence-corrected chi connectivity index (χ0v) is 6.77. The molecular weight excluding hydrogens is 128 g/mol. The van der Waals surface area contributed by atoms with Crippen molar-refractivity contribution in [2.75, 3.05) is 0 Å². The molecule has 0 rings (SSSR count). The maximum atomic E-state index is 10.2. The van der Waals surface area contributed by atoms with Gasteiger partial charge < -0.3 is 5.11 Å². The number of rotatable bonds is 2. The minimum atomic E-state index is -0.806. The van der Waals surface area contributed by atoms with Crippen LogP contribution in [-0.4, -0.2) is 11.1 Å². The van der Waals surface area contributed by atoms with Gasteiger partial charge in [-0.2, -0.15) is 0 Å². The van der Waals surface area contributed by atoms with Crippen molar-refractivity contribution in [3.05, 3.63) is 12.2 Å². The number of hydrogen-bond donors (Lipinski definition) is 1. The van der Waals surface area contributed by atoms with Gasteiger partial charge in [-0.3, -0.25) is 4.79 Å². The van der Waals surface area contributed by atoms with Crippen molar-refractivity contribution in [3.63, 3.8) is 0 Å². The van der Waals surface area contributed by atoms with Crippen molar-refractivity contribution in [2.45, 2.75) is 27.2 Å². The summed E-state index contributed by atoms with van der Waals surface area (Å²) < 4.78 is 0. The van der Waals surface area contributed by atoms with Crippen LogP contribution in [0.5, 0.6) is 0 Å². The van der Waals surface area contributed by atoms with E-state index in [1.165, 1.54) is 0 Å². The smallest absolute Gasteiger partial charge is 0.307 e. The molecule has 58 valence electrons. The minimum absolute atomic E-state index is 0.0729. The first-order chi connectivity index (χ1) is 4.34. The second kappa shape index (κ2) is 2.86. The van der Waals surface area contributed by atoms with Gasteiger partial charge >= 0.3 is 5.97 Å². The molecule has 0 aliphatic rings. The average molecular weight is 142 g/mol. The van der Waals surface area contributed by atoms with Gasteiger partial charge in [-0.15, -0.1) is 0 Å². The van der Waals surface area contributed by atoms with Crippen molar-refractivity contribution in [1.29, 1.82) is 0 Å². The van der Waals surface area contributed by atoms with Crippen LogP contribution in [0.2, 0.25) is 0 Å². The Kier molecular flexibility index (Phi) is 2.64. The summed E-state index contributed by atoms with van der Waals surface area (Å²) in [4.78, 5) is 10.2. The Morgan fingerprint density at radius 3 is 2.00 bits per heavy atom. The third-order valence-electron chi connectivity index (χ3n) is 1.43. The second-order valence-corrected chi connectivity index (χ2v) is 3.42. The molecule has 0 saturated carbocycles. The zero-order valence-electron chi connectivity index (χ0n) is 6.77. The molecule has 0 amide bonds. The molecule has 0 spiro atoms. The molecule has 10 heavy (non-hydrogen) atoms. The second-order valence-electron chi connectivity index (χ2n) is 3.42. The molecule has 2 heteroatoms. The van der Waals surface area contributed by atoms with E-state index in [4.69, 9.17) is 5.11 Å². The highest BCUT2D eigenvalue weighted by molar-refractivity contribution is 5.70. The summed E-state index contributed by atoms with van der Waals surface area (Å²) in [6.45, 7) is 9.56. The van der Waals surface area contributed by atoms with Gasteiger partial charge in [0, 0.05) is 0 Å². The maximum Gasteiger partial charge on any atom is 0.307 e. The summed E-state index contributed by atoms with van der Waals surface area (Å²) in [7, 11) is 0. The van der Waals surface area contributed by atoms with Gasteiger partial charge in [0.15, 0.2) is 0 Å². The number of hydrogen-bond acceptors (Lipinski definition) is 1. The van der Waals surface area contributed by atoms with Gasteiger partial charge in [0.1, 0.15) is 0 Å². The first-order valence-corrected chi connectivity index (χ1v) is 3.24. The number of carbonyl (C=O) groups is 1. The van der Waals surface area contributed by atoms with E-state index in [9.17, 15) is 4.79 Å². The van der Waals surface area contributed by atoms with Crippen molar-refractivity contribution in [2.24, 2.45) is 5.41 Å². The molecule has 0 aromatic rings. The lowest BCUT2D eigenvalue weighted by atomic mass is 9.86. The molecule has 0 bridgehead atoms. The molecule has 2 nitrogen and oxygen atoms in total. The number of carboxylic acids is 1. The van der Waals surface area contributed by atoms with Crippen LogP contribution < -0.4 is 0 Å². The fourth-order valence-electron chi connectivity index (χ4n) is 0.448. The molecule has 0 fully saturated rings. The van der Waals surface area contributed by atoms with Gasteiger partial charge in [0.05, 0.1) is 6.42 Å². The van der Waals surface area contributed by atoms with Crippen molar-refractivity contribution >= 4 is 5.97 Å². The van der Waals surface area contributed by atoms with E-state index < -0.39 is 5.97 Å². The SMILES string of the molecule is C=C(CC(=O)O)C(C)(C)C. The van der Waals surface area contributed by atoms with Crippen LogP contribution in [0.4, 0.5) is 0 Å². The first-order valence-electron chi connectivity index (χ1n) is 3.24. The van der Waals surface area contributed by atoms with Crippen LogP contribution in [0.15, 0.2) is 12.2 Å². The Labute approximate surface area is 61.6 Å². The summed E-state index contributed by atoms with van der Waals surface area (Å²) in [5.41, 5.74) is 0.679. The predicted molar refractivity (Wildman–Crippen MR) is 40.8 cm³/mol. The molecule has 1 N–H and O–H groups in total. The summed E-state index contributed by atoms with van der Waals surface area (Å²) in [6.07, 6.45) is 0.0729. The molecule has 0 aromatic heterocycles. The summed E-state index contributed by atoms with van der Waals surface area (Å²) >= 11 is 0. The van der Waals surface area contributed by atoms with Crippen LogP contribution in [0.1, 0.15) is 27.2 Å². The molecule has 0 aromatic carbocycles. The number of aliphatic carboxylic acids is 1. The Bertz CT molecular complexity index is 151. The zero-order chi connectivity index (χ0) is 8.36. The molecule has 0 aliphatic heterocycles. The fraction of sp³-hybridized carbons (Fsp3) is 0.625. The highest BCUT2D eigenvalue weighted by atomic mass is 16.4. The van der Waals surface area contributed by atoms with Crippen LogP contribution in [0, 0.1) is 5.41 Å². The Balaban J connectivity index is 3.99. The van der Waals surface area contributed by atoms with Crippen LogP contribution in [0.25, 0.3) is 0 Å². The van der Waals surface area contributed by atoms with Gasteiger partial charge in [0.2, 0.25) is 0 Å². The van der Waals surface area contributed by atoms with E-state index in [0.29, 0.717) is 0 Å². The molecular formula is C8H14O2. The normalized spacial score (nSPS) is 11.1. The van der Waals surface area contributed by atoms with E-state index in [1.54, 1.807) is 0 Å². The lowest BCUT2D eigenvalue weighted by Crippen LogP contribution is -2.11. The maximum absolute atomic E-state index is 10.2. The van der Waals surface area contributed by atoms with E-state index >= 15 is 0 Å². The lowest BCUT2D eigenvalue weighted by Gasteiger charge is -2.19. The largest absolute Gasteiger partial charge is 0.481 e. The third-order valence-corrected chi connectivity index (χ3v) is 1.43. The molecule has 0 unspecified atom stereocenters. The molecule has 0 heterocycles. The van der Waals surface area contributed by atoms with Crippen molar-refractivity contribution in [1.82, 2.24) is 0 Å². The quantitative estimate of drug-likeness (QED) is 0.599. The van der Waals surface area contributed by atoms with Crippen molar-refractivity contribution < 1.29 is 9.90 Å². The molecule has 0 saturated heterocycles. The fourth-order valence-corrected chi connectivity index (χ4v) is 0.448. The molecule has 0 atom stereocenters. The van der Waals surface area contributed by atoms with Crippen LogP contribution >= 0.6 is 0 Å². The lowest BCUT2D eigenvalue weighted by molar-refractivity contribution is -0.136. The van der Waals surface area contributed by atoms with Gasteiger partial charge in [0.25, 0.3) is 0 Å². The Morgan fingerprint density at radius 1 is 1.50 bits per heavy atom. The standard InChI is InChI=1S/C8H14O2/c1-6(5-7(9)10)8(2,3)4/h1,5H2,2-4H3,(H,9,10). The predicted octanol–water partition coefficient (Wildman–Crippen LogP) is 2.06. The highest BCUT2D eigenvalue weighted by Crippen LogP contribution is 2.25. The Morgan fingerprint density at radius 2 is 1.90 bits per heavy atom. The first kappa shape index (κ1) is 9.21. The van der Waals surface area contributed by atoms with Gasteiger partial charge in [-0.25, -0.2) is 0 Å². The summed E-state index contributed by atoms with van der Waals surface area (Å²) in [5.74, 6) is -0.806. The summed E-state index contributed by atoms with van der Waals surface area (Å²) in [5, 5.41) is 8.39. The topological polar surface area (TPSA) is 37.3 Å². The van der Waals surface area contributed by atoms with Gasteiger partial charge in [-0.05, 0) is 5.41 Å². The van der Waals surface area contributed by atoms with E-state index in [2.05, 4.69) is 6.58 Å². The molecule has 0 radical (unpaired) electrons. The van der Waals surface area contributed by atoms with E-state index in [1.807, 2.05) is 20.8 Å². The van der Waals surface area contributed by atoms with Crippen LogP contribution in [0.3, 0.4) is 0 Å². The number of carboxylic acid groups (broad SMARTS) is 1.